The summed E-state index contributed by atoms with van der Waals surface area (Å²) in [6.45, 7) is 13.0. The van der Waals surface area contributed by atoms with Crippen LogP contribution in [0, 0.1) is 5.92 Å². The number of amides is 1. The fourth-order valence-electron chi connectivity index (χ4n) is 4.17. The maximum atomic E-state index is 13.0. The van der Waals surface area contributed by atoms with E-state index in [1.165, 1.54) is 0 Å². The molecule has 0 saturated carbocycles. The lowest BCUT2D eigenvalue weighted by Crippen LogP contribution is -2.41. The first-order valence-corrected chi connectivity index (χ1v) is 13.0. The van der Waals surface area contributed by atoms with Crippen molar-refractivity contribution in [3.05, 3.63) is 11.8 Å². The highest BCUT2D eigenvalue weighted by Gasteiger charge is 2.22. The van der Waals surface area contributed by atoms with Crippen molar-refractivity contribution < 1.29 is 9.90 Å². The Morgan fingerprint density at radius 1 is 1.12 bits per heavy atom. The van der Waals surface area contributed by atoms with E-state index in [2.05, 4.69) is 58.5 Å². The minimum Gasteiger partial charge on any atom is -0.393 e. The third kappa shape index (κ3) is 9.84. The summed E-state index contributed by atoms with van der Waals surface area (Å²) in [4.78, 5) is 24.4. The second-order valence-electron chi connectivity index (χ2n) is 9.53. The Bertz CT molecular complexity index is 691. The average Bonchev–Trinajstić information content (AvgIpc) is 2.81. The van der Waals surface area contributed by atoms with Gasteiger partial charge in [-0.3, -0.25) is 4.79 Å². The van der Waals surface area contributed by atoms with Gasteiger partial charge in [0.25, 0.3) is 5.91 Å². The first-order chi connectivity index (χ1) is 15.9. The molecule has 33 heavy (non-hydrogen) atoms. The van der Waals surface area contributed by atoms with E-state index >= 15 is 0 Å². The first-order valence-electron chi connectivity index (χ1n) is 13.0. The summed E-state index contributed by atoms with van der Waals surface area (Å²) in [5.41, 5.74) is 0.477. The monoisotopic (exact) mass is 462 g/mol. The SMILES string of the molecule is CCCCNc1ncc(C(=O)NCC2CCN(C(C)C)CC2)c(NCCCC(O)CCC)n1. The number of carbonyl (C=O) groups excluding carboxylic acids is 1. The van der Waals surface area contributed by atoms with Gasteiger partial charge in [0.1, 0.15) is 11.4 Å². The van der Waals surface area contributed by atoms with Gasteiger partial charge in [-0.2, -0.15) is 4.98 Å². The lowest BCUT2D eigenvalue weighted by Gasteiger charge is -2.34. The predicted octanol–water partition coefficient (Wildman–Crippen LogP) is 3.89. The second kappa shape index (κ2) is 15.1. The molecule has 0 bridgehead atoms. The number of nitrogens with one attached hydrogen (secondary N) is 3. The molecule has 1 amide bonds. The third-order valence-electron chi connectivity index (χ3n) is 6.41. The van der Waals surface area contributed by atoms with Gasteiger partial charge in [-0.25, -0.2) is 4.98 Å². The summed E-state index contributed by atoms with van der Waals surface area (Å²) in [6, 6.07) is 0.582. The van der Waals surface area contributed by atoms with Crippen molar-refractivity contribution in [1.29, 1.82) is 0 Å². The van der Waals surface area contributed by atoms with Crippen LogP contribution in [0.15, 0.2) is 6.20 Å². The van der Waals surface area contributed by atoms with Gasteiger partial charge in [0.05, 0.1) is 6.10 Å². The number of hydrogen-bond donors (Lipinski definition) is 4. The van der Waals surface area contributed by atoms with Crippen LogP contribution in [0.1, 0.15) is 89.4 Å². The second-order valence-corrected chi connectivity index (χ2v) is 9.53. The number of hydrogen-bond acceptors (Lipinski definition) is 7. The molecule has 1 atom stereocenters. The Balaban J connectivity index is 1.93. The lowest BCUT2D eigenvalue weighted by atomic mass is 9.96. The zero-order valence-electron chi connectivity index (χ0n) is 21.2. The van der Waals surface area contributed by atoms with Crippen LogP contribution in [0.3, 0.4) is 0 Å². The van der Waals surface area contributed by atoms with E-state index in [-0.39, 0.29) is 12.0 Å². The summed E-state index contributed by atoms with van der Waals surface area (Å²) in [6.07, 6.45) is 9.07. The zero-order valence-corrected chi connectivity index (χ0v) is 21.2. The number of anilines is 2. The van der Waals surface area contributed by atoms with E-state index in [0.29, 0.717) is 42.4 Å². The maximum absolute atomic E-state index is 13.0. The van der Waals surface area contributed by atoms with Crippen molar-refractivity contribution in [2.75, 3.05) is 43.4 Å². The van der Waals surface area contributed by atoms with Crippen LogP contribution in [0.5, 0.6) is 0 Å². The van der Waals surface area contributed by atoms with Gasteiger partial charge < -0.3 is 26.0 Å². The topological polar surface area (TPSA) is 102 Å². The lowest BCUT2D eigenvalue weighted by molar-refractivity contribution is 0.0929. The molecule has 8 heteroatoms. The van der Waals surface area contributed by atoms with Crippen molar-refractivity contribution in [1.82, 2.24) is 20.2 Å². The van der Waals surface area contributed by atoms with E-state index in [9.17, 15) is 9.90 Å². The third-order valence-corrected chi connectivity index (χ3v) is 6.41. The van der Waals surface area contributed by atoms with Crippen molar-refractivity contribution in [3.63, 3.8) is 0 Å². The highest BCUT2D eigenvalue weighted by atomic mass is 16.3. The summed E-state index contributed by atoms with van der Waals surface area (Å²) in [5.74, 6) is 1.47. The van der Waals surface area contributed by atoms with E-state index in [1.807, 2.05) is 0 Å². The molecule has 0 aliphatic carbocycles. The number of piperidine rings is 1. The molecule has 0 radical (unpaired) electrons. The van der Waals surface area contributed by atoms with Crippen molar-refractivity contribution in [3.8, 4) is 0 Å². The van der Waals surface area contributed by atoms with Gasteiger partial charge >= 0.3 is 0 Å². The molecular weight excluding hydrogens is 416 g/mol. The summed E-state index contributed by atoms with van der Waals surface area (Å²) < 4.78 is 0. The van der Waals surface area contributed by atoms with Crippen molar-refractivity contribution in [2.24, 2.45) is 5.92 Å². The molecule has 1 aromatic heterocycles. The highest BCUT2D eigenvalue weighted by molar-refractivity contribution is 5.98. The molecule has 1 aromatic rings. The summed E-state index contributed by atoms with van der Waals surface area (Å²) >= 11 is 0. The summed E-state index contributed by atoms with van der Waals surface area (Å²) in [7, 11) is 0. The van der Waals surface area contributed by atoms with Crippen molar-refractivity contribution >= 4 is 17.7 Å². The largest absolute Gasteiger partial charge is 0.393 e. The maximum Gasteiger partial charge on any atom is 0.256 e. The molecule has 1 aliphatic heterocycles. The molecule has 1 saturated heterocycles. The average molecular weight is 463 g/mol. The number of unbranched alkanes of at least 4 members (excludes halogenated alkanes) is 1. The molecule has 1 aliphatic rings. The number of carbonyl (C=O) groups is 1. The number of aliphatic hydroxyl groups is 1. The highest BCUT2D eigenvalue weighted by Crippen LogP contribution is 2.19. The van der Waals surface area contributed by atoms with E-state index < -0.39 is 0 Å². The Labute approximate surface area is 200 Å². The standard InChI is InChI=1S/C25H46N6O2/c1-5-7-13-27-25-29-18-22(23(30-25)26-14-8-10-21(32)9-6-2)24(33)28-17-20-11-15-31(16-12-20)19(3)4/h18-21,32H,5-17H2,1-4H3,(H,28,33)(H2,26,27,29,30). The van der Waals surface area contributed by atoms with Crippen LogP contribution < -0.4 is 16.0 Å². The number of aliphatic hydroxyl groups excluding tert-OH is 1. The van der Waals surface area contributed by atoms with Gasteiger partial charge in [-0.05, 0) is 71.4 Å². The van der Waals surface area contributed by atoms with Crippen molar-refractivity contribution in [2.45, 2.75) is 91.2 Å². The first kappa shape index (κ1) is 27.3. The van der Waals surface area contributed by atoms with Crippen LogP contribution in [-0.2, 0) is 0 Å². The van der Waals surface area contributed by atoms with Crippen LogP contribution in [-0.4, -0.2) is 70.8 Å². The van der Waals surface area contributed by atoms with Crippen LogP contribution >= 0.6 is 0 Å². The fraction of sp³-hybridized carbons (Fsp3) is 0.800. The van der Waals surface area contributed by atoms with Gasteiger partial charge in [-0.1, -0.05) is 26.7 Å². The Hall–Kier alpha value is -1.93. The number of aromatic nitrogens is 2. The fourth-order valence-corrected chi connectivity index (χ4v) is 4.17. The smallest absolute Gasteiger partial charge is 0.256 e. The molecule has 1 unspecified atom stereocenters. The molecule has 8 nitrogen and oxygen atoms in total. The number of rotatable bonds is 15. The Morgan fingerprint density at radius 3 is 2.52 bits per heavy atom. The van der Waals surface area contributed by atoms with Gasteiger partial charge in [0.2, 0.25) is 5.95 Å². The van der Waals surface area contributed by atoms with E-state index in [4.69, 9.17) is 0 Å². The van der Waals surface area contributed by atoms with E-state index in [1.54, 1.807) is 6.20 Å². The molecule has 0 aromatic carbocycles. The molecule has 2 rings (SSSR count). The molecular formula is C25H46N6O2. The number of likely N-dealkylation sites (tertiary alicyclic amines) is 1. The molecule has 1 fully saturated rings. The van der Waals surface area contributed by atoms with Crippen LogP contribution in [0.4, 0.5) is 11.8 Å². The minimum absolute atomic E-state index is 0.130. The molecule has 188 valence electrons. The quantitative estimate of drug-likeness (QED) is 0.293. The minimum atomic E-state index is -0.265. The van der Waals surface area contributed by atoms with Gasteiger partial charge in [-0.15, -0.1) is 0 Å². The zero-order chi connectivity index (χ0) is 24.1. The Morgan fingerprint density at radius 2 is 1.85 bits per heavy atom. The molecule has 4 N–H and O–H groups in total. The molecule has 0 spiro atoms. The predicted molar refractivity (Wildman–Crippen MR) is 136 cm³/mol. The normalized spacial score (nSPS) is 16.1. The Kier molecular flexibility index (Phi) is 12.5. The molecule has 2 heterocycles. The van der Waals surface area contributed by atoms with E-state index in [0.717, 1.165) is 71.0 Å². The van der Waals surface area contributed by atoms with Crippen LogP contribution in [0.2, 0.25) is 0 Å². The van der Waals surface area contributed by atoms with Crippen LogP contribution in [0.25, 0.3) is 0 Å². The van der Waals surface area contributed by atoms with Gasteiger partial charge in [0, 0.05) is 31.9 Å². The van der Waals surface area contributed by atoms with Gasteiger partial charge in [0.15, 0.2) is 0 Å². The number of nitrogens with zero attached hydrogens (tertiary/aromatic N) is 3. The summed E-state index contributed by atoms with van der Waals surface area (Å²) in [5, 5.41) is 19.6.